The molecule has 0 saturated heterocycles. The maximum atomic E-state index is 12.5. The molecule has 25 heavy (non-hydrogen) atoms. The van der Waals surface area contributed by atoms with E-state index in [-0.39, 0.29) is 5.91 Å². The van der Waals surface area contributed by atoms with Crippen molar-refractivity contribution in [3.05, 3.63) is 58.6 Å². The number of nitrogens with zero attached hydrogens (tertiary/aromatic N) is 2. The summed E-state index contributed by atoms with van der Waals surface area (Å²) in [6.45, 7) is 2.04. The summed E-state index contributed by atoms with van der Waals surface area (Å²) in [5.74, 6) is 1.03. The van der Waals surface area contributed by atoms with Crippen LogP contribution in [0.15, 0.2) is 42.5 Å². The highest BCUT2D eigenvalue weighted by Crippen LogP contribution is 2.24. The largest absolute Gasteiger partial charge is 0.496 e. The summed E-state index contributed by atoms with van der Waals surface area (Å²) in [6, 6.07) is 14.0. The van der Waals surface area contributed by atoms with Crippen molar-refractivity contribution < 1.29 is 14.3 Å². The number of hydrogen-bond donors (Lipinski definition) is 0. The van der Waals surface area contributed by atoms with Crippen LogP contribution in [0.25, 0.3) is 0 Å². The molecule has 0 radical (unpaired) electrons. The summed E-state index contributed by atoms with van der Waals surface area (Å²) in [4.78, 5) is 14.1. The number of hydrogen-bond acceptors (Lipinski definition) is 4. The Labute approximate surface area is 152 Å². The van der Waals surface area contributed by atoms with Crippen LogP contribution in [-0.2, 0) is 11.3 Å². The third-order valence-corrected chi connectivity index (χ3v) is 3.91. The average molecular weight is 359 g/mol. The Morgan fingerprint density at radius 1 is 1.28 bits per heavy atom. The van der Waals surface area contributed by atoms with Crippen LogP contribution in [0.2, 0.25) is 5.02 Å². The number of benzene rings is 2. The molecule has 0 N–H and O–H groups in total. The Balaban J connectivity index is 2.03. The third kappa shape index (κ3) is 4.88. The van der Waals surface area contributed by atoms with Crippen LogP contribution in [0.3, 0.4) is 0 Å². The lowest BCUT2D eigenvalue weighted by atomic mass is 10.2. The molecule has 1 atom stereocenters. The van der Waals surface area contributed by atoms with Crippen LogP contribution >= 0.6 is 11.6 Å². The summed E-state index contributed by atoms with van der Waals surface area (Å²) in [5.41, 5.74) is 1.35. The van der Waals surface area contributed by atoms with Crippen LogP contribution in [0.5, 0.6) is 11.5 Å². The van der Waals surface area contributed by atoms with Gasteiger partial charge in [-0.2, -0.15) is 5.26 Å². The topological polar surface area (TPSA) is 62.6 Å². The lowest BCUT2D eigenvalue weighted by molar-refractivity contribution is -0.137. The standard InChI is InChI=1S/C19H19ClN2O3/c1-13(25-17-7-4-14(11-21)5-8-17)19(23)22(2)12-15-10-16(20)6-9-18(15)24-3/h4-10,13H,12H2,1-3H3. The molecule has 5 nitrogen and oxygen atoms in total. The zero-order valence-corrected chi connectivity index (χ0v) is 15.1. The lowest BCUT2D eigenvalue weighted by Gasteiger charge is -2.23. The fourth-order valence-electron chi connectivity index (χ4n) is 2.38. The maximum Gasteiger partial charge on any atom is 0.263 e. The molecule has 0 aromatic heterocycles. The first-order valence-corrected chi connectivity index (χ1v) is 8.06. The van der Waals surface area contributed by atoms with Gasteiger partial charge in [-0.25, -0.2) is 0 Å². The van der Waals surface area contributed by atoms with Gasteiger partial charge in [0.05, 0.1) is 18.7 Å². The first-order chi connectivity index (χ1) is 11.9. The van der Waals surface area contributed by atoms with Gasteiger partial charge in [0.2, 0.25) is 0 Å². The van der Waals surface area contributed by atoms with Crippen LogP contribution in [0.4, 0.5) is 0 Å². The van der Waals surface area contributed by atoms with Gasteiger partial charge in [0.1, 0.15) is 11.5 Å². The molecule has 1 unspecified atom stereocenters. The van der Waals surface area contributed by atoms with Gasteiger partial charge in [0, 0.05) is 24.2 Å². The van der Waals surface area contributed by atoms with Crippen LogP contribution in [0.1, 0.15) is 18.1 Å². The molecule has 0 fully saturated rings. The molecule has 1 amide bonds. The highest BCUT2D eigenvalue weighted by molar-refractivity contribution is 6.30. The van der Waals surface area contributed by atoms with Crippen molar-refractivity contribution in [3.8, 4) is 17.6 Å². The summed E-state index contributed by atoms with van der Waals surface area (Å²) < 4.78 is 11.0. The van der Waals surface area contributed by atoms with Gasteiger partial charge in [-0.05, 0) is 49.4 Å². The van der Waals surface area contributed by atoms with E-state index in [2.05, 4.69) is 0 Å². The molecule has 130 valence electrons. The molecule has 0 spiro atoms. The van der Waals surface area contributed by atoms with Crippen molar-refractivity contribution in [1.29, 1.82) is 5.26 Å². The lowest BCUT2D eigenvalue weighted by Crippen LogP contribution is -2.37. The van der Waals surface area contributed by atoms with Crippen LogP contribution in [0, 0.1) is 11.3 Å². The Bertz CT molecular complexity index is 784. The molecular weight excluding hydrogens is 340 g/mol. The average Bonchev–Trinajstić information content (AvgIpc) is 2.61. The molecule has 6 heteroatoms. The van der Waals surface area contributed by atoms with E-state index in [1.54, 1.807) is 68.4 Å². The van der Waals surface area contributed by atoms with Gasteiger partial charge in [-0.3, -0.25) is 4.79 Å². The van der Waals surface area contributed by atoms with Gasteiger partial charge in [-0.1, -0.05) is 11.6 Å². The number of halogens is 1. The number of carbonyl (C=O) groups is 1. The molecule has 0 bridgehead atoms. The van der Waals surface area contributed by atoms with Gasteiger partial charge in [0.25, 0.3) is 5.91 Å². The van der Waals surface area contributed by atoms with E-state index in [9.17, 15) is 4.79 Å². The second kappa shape index (κ2) is 8.41. The smallest absolute Gasteiger partial charge is 0.263 e. The van der Waals surface area contributed by atoms with Crippen molar-refractivity contribution in [2.75, 3.05) is 14.2 Å². The Kier molecular flexibility index (Phi) is 6.26. The predicted molar refractivity (Wildman–Crippen MR) is 95.7 cm³/mol. The van der Waals surface area contributed by atoms with Crippen molar-refractivity contribution in [2.24, 2.45) is 0 Å². The van der Waals surface area contributed by atoms with E-state index >= 15 is 0 Å². The van der Waals surface area contributed by atoms with E-state index in [4.69, 9.17) is 26.3 Å². The van der Waals surface area contributed by atoms with Gasteiger partial charge < -0.3 is 14.4 Å². The normalized spacial score (nSPS) is 11.3. The van der Waals surface area contributed by atoms with E-state index in [1.165, 1.54) is 0 Å². The zero-order chi connectivity index (χ0) is 18.4. The second-order valence-corrected chi connectivity index (χ2v) is 5.98. The van der Waals surface area contributed by atoms with Crippen LogP contribution in [-0.4, -0.2) is 31.1 Å². The zero-order valence-electron chi connectivity index (χ0n) is 14.3. The fourth-order valence-corrected chi connectivity index (χ4v) is 2.57. The van der Waals surface area contributed by atoms with Gasteiger partial charge >= 0.3 is 0 Å². The number of ether oxygens (including phenoxy) is 2. The number of likely N-dealkylation sites (N-methyl/N-ethyl adjacent to an activating group) is 1. The van der Waals surface area contributed by atoms with Gasteiger partial charge in [-0.15, -0.1) is 0 Å². The number of carbonyl (C=O) groups excluding carboxylic acids is 1. The molecular formula is C19H19ClN2O3. The quantitative estimate of drug-likeness (QED) is 0.790. The predicted octanol–water partition coefficient (Wildman–Crippen LogP) is 3.65. The summed E-state index contributed by atoms with van der Waals surface area (Å²) in [6.07, 6.45) is -0.664. The molecule has 0 saturated carbocycles. The first kappa shape index (κ1) is 18.6. The monoisotopic (exact) mass is 358 g/mol. The third-order valence-electron chi connectivity index (χ3n) is 3.67. The Morgan fingerprint density at radius 2 is 1.96 bits per heavy atom. The summed E-state index contributed by atoms with van der Waals surface area (Å²) in [7, 11) is 3.27. The first-order valence-electron chi connectivity index (χ1n) is 7.68. The van der Waals surface area contributed by atoms with Crippen molar-refractivity contribution in [3.63, 3.8) is 0 Å². The number of nitriles is 1. The second-order valence-electron chi connectivity index (χ2n) is 5.55. The fraction of sp³-hybridized carbons (Fsp3) is 0.263. The number of methoxy groups -OCH3 is 1. The van der Waals surface area contributed by atoms with Crippen LogP contribution < -0.4 is 9.47 Å². The van der Waals surface area contributed by atoms with E-state index in [0.717, 1.165) is 5.56 Å². The molecule has 0 aliphatic rings. The molecule has 0 aliphatic heterocycles. The van der Waals surface area contributed by atoms with Crippen molar-refractivity contribution in [2.45, 2.75) is 19.6 Å². The van der Waals surface area contributed by atoms with Crippen molar-refractivity contribution >= 4 is 17.5 Å². The summed E-state index contributed by atoms with van der Waals surface area (Å²) >= 11 is 6.02. The Hall–Kier alpha value is -2.71. The minimum absolute atomic E-state index is 0.175. The highest BCUT2D eigenvalue weighted by Gasteiger charge is 2.20. The molecule has 2 aromatic carbocycles. The maximum absolute atomic E-state index is 12.5. The van der Waals surface area contributed by atoms with Crippen molar-refractivity contribution in [1.82, 2.24) is 4.90 Å². The molecule has 2 aromatic rings. The SMILES string of the molecule is COc1ccc(Cl)cc1CN(C)C(=O)C(C)Oc1ccc(C#N)cc1. The van der Waals surface area contributed by atoms with E-state index < -0.39 is 6.10 Å². The minimum Gasteiger partial charge on any atom is -0.496 e. The van der Waals surface area contributed by atoms with Gasteiger partial charge in [0.15, 0.2) is 6.10 Å². The minimum atomic E-state index is -0.664. The number of rotatable bonds is 6. The number of amides is 1. The van der Waals surface area contributed by atoms with E-state index in [0.29, 0.717) is 28.6 Å². The molecule has 0 aliphatic carbocycles. The van der Waals surface area contributed by atoms with E-state index in [1.807, 2.05) is 6.07 Å². The molecule has 2 rings (SSSR count). The highest BCUT2D eigenvalue weighted by atomic mass is 35.5. The molecule has 0 heterocycles. The Morgan fingerprint density at radius 3 is 2.56 bits per heavy atom. The summed E-state index contributed by atoms with van der Waals surface area (Å²) in [5, 5.41) is 9.38.